The van der Waals surface area contributed by atoms with Gasteiger partial charge < -0.3 is 15.1 Å². The summed E-state index contributed by atoms with van der Waals surface area (Å²) >= 11 is 0. The molecule has 21 heavy (non-hydrogen) atoms. The second-order valence-corrected chi connectivity index (χ2v) is 5.99. The molecule has 1 aromatic rings. The summed E-state index contributed by atoms with van der Waals surface area (Å²) in [4.78, 5) is 4.71. The van der Waals surface area contributed by atoms with Crippen molar-refractivity contribution in [2.75, 3.05) is 39.8 Å². The Morgan fingerprint density at radius 2 is 2.05 bits per heavy atom. The molecule has 0 aromatic heterocycles. The maximum absolute atomic E-state index is 13.9. The maximum atomic E-state index is 13.9. The predicted octanol–water partition coefficient (Wildman–Crippen LogP) is 2.46. The first-order valence-corrected chi connectivity index (χ1v) is 8.08. The molecule has 1 fully saturated rings. The summed E-state index contributed by atoms with van der Waals surface area (Å²) in [5.74, 6) is -0.0942. The van der Waals surface area contributed by atoms with Gasteiger partial charge in [0, 0.05) is 31.7 Å². The molecule has 0 aliphatic carbocycles. The predicted molar refractivity (Wildman–Crippen MR) is 85.8 cm³/mol. The number of hydrogen-bond donors (Lipinski definition) is 1. The first-order valence-electron chi connectivity index (χ1n) is 8.08. The molecule has 0 saturated carbocycles. The van der Waals surface area contributed by atoms with Crippen molar-refractivity contribution < 1.29 is 4.39 Å². The van der Waals surface area contributed by atoms with Crippen LogP contribution in [-0.4, -0.2) is 49.6 Å². The van der Waals surface area contributed by atoms with E-state index in [4.69, 9.17) is 0 Å². The molecule has 1 heterocycles. The molecular formula is C17H28FN3. The Labute approximate surface area is 128 Å². The number of halogens is 1. The molecule has 0 atom stereocenters. The van der Waals surface area contributed by atoms with E-state index in [2.05, 4.69) is 29.1 Å². The summed E-state index contributed by atoms with van der Waals surface area (Å²) in [6.45, 7) is 9.03. The molecule has 0 unspecified atom stereocenters. The molecule has 1 aromatic carbocycles. The van der Waals surface area contributed by atoms with E-state index in [0.29, 0.717) is 6.54 Å². The largest absolute Gasteiger partial charge is 0.313 e. The Bertz CT molecular complexity index is 430. The smallest absolute Gasteiger partial charge is 0.127 e. The number of likely N-dealkylation sites (N-methyl/N-ethyl adjacent to an activating group) is 1. The highest BCUT2D eigenvalue weighted by atomic mass is 19.1. The molecule has 0 bridgehead atoms. The van der Waals surface area contributed by atoms with Gasteiger partial charge in [0.1, 0.15) is 5.82 Å². The third-order valence-electron chi connectivity index (χ3n) is 4.13. The van der Waals surface area contributed by atoms with Crippen LogP contribution in [0.2, 0.25) is 0 Å². The molecule has 4 heteroatoms. The fourth-order valence-electron chi connectivity index (χ4n) is 2.82. The molecule has 1 aliphatic heterocycles. The van der Waals surface area contributed by atoms with E-state index in [9.17, 15) is 4.39 Å². The lowest BCUT2D eigenvalue weighted by Gasteiger charge is -2.21. The van der Waals surface area contributed by atoms with E-state index in [1.165, 1.54) is 25.9 Å². The van der Waals surface area contributed by atoms with E-state index >= 15 is 0 Å². The van der Waals surface area contributed by atoms with Crippen LogP contribution in [0.15, 0.2) is 18.2 Å². The molecule has 0 spiro atoms. The lowest BCUT2D eigenvalue weighted by atomic mass is 10.1. The number of likely N-dealkylation sites (tertiary alicyclic amines) is 1. The standard InChI is InChI=1S/C17H28FN3/c1-3-19-13-15-6-7-17(18)16(12-15)14-20(2)10-11-21-8-4-5-9-21/h6-7,12,19H,3-5,8-11,13-14H2,1-2H3. The SMILES string of the molecule is CCNCc1ccc(F)c(CN(C)CCN2CCCC2)c1. The third kappa shape index (κ3) is 5.38. The van der Waals surface area contributed by atoms with Crippen molar-refractivity contribution in [2.24, 2.45) is 0 Å². The van der Waals surface area contributed by atoms with Gasteiger partial charge in [-0.2, -0.15) is 0 Å². The van der Waals surface area contributed by atoms with Crippen LogP contribution in [0.3, 0.4) is 0 Å². The van der Waals surface area contributed by atoms with E-state index in [1.807, 2.05) is 12.1 Å². The minimum Gasteiger partial charge on any atom is -0.313 e. The average Bonchev–Trinajstić information content (AvgIpc) is 2.99. The molecule has 0 radical (unpaired) electrons. The van der Waals surface area contributed by atoms with Crippen LogP contribution >= 0.6 is 0 Å². The molecule has 1 aliphatic rings. The van der Waals surface area contributed by atoms with Crippen molar-refractivity contribution in [1.82, 2.24) is 15.1 Å². The monoisotopic (exact) mass is 293 g/mol. The highest BCUT2D eigenvalue weighted by Crippen LogP contribution is 2.13. The fourth-order valence-corrected chi connectivity index (χ4v) is 2.82. The maximum Gasteiger partial charge on any atom is 0.127 e. The highest BCUT2D eigenvalue weighted by Gasteiger charge is 2.12. The normalized spacial score (nSPS) is 16.0. The van der Waals surface area contributed by atoms with E-state index < -0.39 is 0 Å². The van der Waals surface area contributed by atoms with E-state index in [1.54, 1.807) is 6.07 Å². The fraction of sp³-hybridized carbons (Fsp3) is 0.647. The molecular weight excluding hydrogens is 265 g/mol. The molecule has 0 amide bonds. The summed E-state index contributed by atoms with van der Waals surface area (Å²) in [7, 11) is 2.08. The number of benzene rings is 1. The molecule has 2 rings (SSSR count). The minimum atomic E-state index is -0.0942. The Morgan fingerprint density at radius 1 is 1.29 bits per heavy atom. The van der Waals surface area contributed by atoms with Crippen LogP contribution < -0.4 is 5.32 Å². The van der Waals surface area contributed by atoms with E-state index in [-0.39, 0.29) is 5.82 Å². The quantitative estimate of drug-likeness (QED) is 0.794. The second-order valence-electron chi connectivity index (χ2n) is 5.99. The van der Waals surface area contributed by atoms with Gasteiger partial charge >= 0.3 is 0 Å². The first-order chi connectivity index (χ1) is 10.2. The minimum absolute atomic E-state index is 0.0942. The van der Waals surface area contributed by atoms with Gasteiger partial charge in [-0.05, 0) is 51.2 Å². The van der Waals surface area contributed by atoms with Gasteiger partial charge in [-0.15, -0.1) is 0 Å². The molecule has 118 valence electrons. The van der Waals surface area contributed by atoms with Gasteiger partial charge in [-0.1, -0.05) is 19.1 Å². The van der Waals surface area contributed by atoms with Crippen molar-refractivity contribution in [3.8, 4) is 0 Å². The van der Waals surface area contributed by atoms with Crippen molar-refractivity contribution in [1.29, 1.82) is 0 Å². The van der Waals surface area contributed by atoms with Crippen molar-refractivity contribution >= 4 is 0 Å². The molecule has 1 N–H and O–H groups in total. The topological polar surface area (TPSA) is 18.5 Å². The van der Waals surface area contributed by atoms with E-state index in [0.717, 1.165) is 37.3 Å². The Kier molecular flexibility index (Phi) is 6.61. The summed E-state index contributed by atoms with van der Waals surface area (Å²) in [6.07, 6.45) is 2.65. The summed E-state index contributed by atoms with van der Waals surface area (Å²) < 4.78 is 13.9. The zero-order valence-electron chi connectivity index (χ0n) is 13.4. The number of hydrogen-bond acceptors (Lipinski definition) is 3. The average molecular weight is 293 g/mol. The Hall–Kier alpha value is -0.970. The van der Waals surface area contributed by atoms with Crippen LogP contribution in [0.1, 0.15) is 30.9 Å². The summed E-state index contributed by atoms with van der Waals surface area (Å²) in [5.41, 5.74) is 1.95. The van der Waals surface area contributed by atoms with Gasteiger partial charge in [0.25, 0.3) is 0 Å². The molecule has 1 saturated heterocycles. The van der Waals surface area contributed by atoms with Crippen LogP contribution in [0.25, 0.3) is 0 Å². The van der Waals surface area contributed by atoms with Crippen molar-refractivity contribution in [3.63, 3.8) is 0 Å². The van der Waals surface area contributed by atoms with Gasteiger partial charge in [0.15, 0.2) is 0 Å². The Morgan fingerprint density at radius 3 is 2.76 bits per heavy atom. The zero-order valence-corrected chi connectivity index (χ0v) is 13.4. The van der Waals surface area contributed by atoms with Crippen LogP contribution in [0.4, 0.5) is 4.39 Å². The van der Waals surface area contributed by atoms with Crippen molar-refractivity contribution in [3.05, 3.63) is 35.1 Å². The number of nitrogens with zero attached hydrogens (tertiary/aromatic N) is 2. The number of rotatable bonds is 8. The second kappa shape index (κ2) is 8.47. The first kappa shape index (κ1) is 16.4. The lowest BCUT2D eigenvalue weighted by molar-refractivity contribution is 0.250. The van der Waals surface area contributed by atoms with Gasteiger partial charge in [-0.3, -0.25) is 0 Å². The van der Waals surface area contributed by atoms with Gasteiger partial charge in [0.05, 0.1) is 0 Å². The van der Waals surface area contributed by atoms with Crippen LogP contribution in [-0.2, 0) is 13.1 Å². The third-order valence-corrected chi connectivity index (χ3v) is 4.13. The zero-order chi connectivity index (χ0) is 15.1. The van der Waals surface area contributed by atoms with Gasteiger partial charge in [0.2, 0.25) is 0 Å². The van der Waals surface area contributed by atoms with Crippen molar-refractivity contribution in [2.45, 2.75) is 32.9 Å². The van der Waals surface area contributed by atoms with Crippen LogP contribution in [0, 0.1) is 5.82 Å². The number of nitrogens with one attached hydrogen (secondary N) is 1. The van der Waals surface area contributed by atoms with Crippen LogP contribution in [0.5, 0.6) is 0 Å². The lowest BCUT2D eigenvalue weighted by Crippen LogP contribution is -2.31. The highest BCUT2D eigenvalue weighted by molar-refractivity contribution is 5.25. The Balaban J connectivity index is 1.84. The summed E-state index contributed by atoms with van der Waals surface area (Å²) in [6, 6.07) is 5.45. The summed E-state index contributed by atoms with van der Waals surface area (Å²) in [5, 5.41) is 3.28. The van der Waals surface area contributed by atoms with Gasteiger partial charge in [-0.25, -0.2) is 4.39 Å². The molecule has 3 nitrogen and oxygen atoms in total.